The van der Waals surface area contributed by atoms with E-state index in [1.54, 1.807) is 0 Å². The third kappa shape index (κ3) is 6.92. The van der Waals surface area contributed by atoms with Gasteiger partial charge < -0.3 is 0 Å². The monoisotopic (exact) mass is 204 g/mol. The van der Waals surface area contributed by atoms with Gasteiger partial charge in [0.2, 0.25) is 0 Å². The van der Waals surface area contributed by atoms with Crippen LogP contribution in [-0.4, -0.2) is 0 Å². The van der Waals surface area contributed by atoms with Crippen molar-refractivity contribution in [3.63, 3.8) is 0 Å². The van der Waals surface area contributed by atoms with E-state index >= 15 is 0 Å². The average Bonchev–Trinajstić information content (AvgIpc) is 2.28. The summed E-state index contributed by atoms with van der Waals surface area (Å²) in [5.74, 6) is 0.659. The summed E-state index contributed by atoms with van der Waals surface area (Å²) in [6.07, 6.45) is 2.25. The lowest BCUT2D eigenvalue weighted by Crippen LogP contribution is -1.83. The van der Waals surface area contributed by atoms with Crippen molar-refractivity contribution < 1.29 is 9.78 Å². The summed E-state index contributed by atoms with van der Waals surface area (Å²) in [6.45, 7) is 4.41. The zero-order chi connectivity index (χ0) is 11.5. The third-order valence-electron chi connectivity index (χ3n) is 1.58. The molecule has 0 radical (unpaired) electrons. The van der Waals surface area contributed by atoms with Crippen molar-refractivity contribution in [2.45, 2.75) is 19.8 Å². The lowest BCUT2D eigenvalue weighted by atomic mass is 10.0. The van der Waals surface area contributed by atoms with Gasteiger partial charge in [-0.1, -0.05) is 44.2 Å². The Kier molecular flexibility index (Phi) is 7.17. The first-order chi connectivity index (χ1) is 7.22. The Labute approximate surface area is 89.2 Å². The normalized spacial score (nSPS) is 7.80. The number of hydrogen-bond donors (Lipinski definition) is 0. The molecular formula is C11H12N2O2. The molecule has 0 aliphatic heterocycles. The molecule has 0 atom stereocenters. The molecule has 1 rings (SSSR count). The van der Waals surface area contributed by atoms with Crippen LogP contribution in [0.3, 0.4) is 0 Å². The zero-order valence-corrected chi connectivity index (χ0v) is 8.68. The molecule has 0 aliphatic carbocycles. The van der Waals surface area contributed by atoms with Crippen molar-refractivity contribution >= 4 is 0 Å². The summed E-state index contributed by atoms with van der Waals surface area (Å²) < 4.78 is 0. The molecule has 15 heavy (non-hydrogen) atoms. The number of nitrogens with zero attached hydrogens (tertiary/aromatic N) is 2. The minimum absolute atomic E-state index is 0.659. The van der Waals surface area contributed by atoms with Gasteiger partial charge >= 0.3 is 12.5 Å². The van der Waals surface area contributed by atoms with Gasteiger partial charge in [0.05, 0.1) is 0 Å². The van der Waals surface area contributed by atoms with Crippen LogP contribution in [0.2, 0.25) is 0 Å². The Morgan fingerprint density at radius 2 is 1.47 bits per heavy atom. The lowest BCUT2D eigenvalue weighted by Gasteiger charge is -2.01. The molecule has 0 heterocycles. The highest BCUT2D eigenvalue weighted by Crippen LogP contribution is 2.11. The van der Waals surface area contributed by atoms with Gasteiger partial charge in [-0.05, 0) is 11.5 Å². The molecule has 0 bridgehead atoms. The van der Waals surface area contributed by atoms with Crippen LogP contribution in [0.25, 0.3) is 0 Å². The summed E-state index contributed by atoms with van der Waals surface area (Å²) in [5.41, 5.74) is 1.41. The van der Waals surface area contributed by atoms with Gasteiger partial charge in [0, 0.05) is 0 Å². The number of nitriles is 2. The molecule has 4 nitrogen and oxygen atoms in total. The fraction of sp³-hybridized carbons (Fsp3) is 0.273. The fourth-order valence-electron chi connectivity index (χ4n) is 0.875. The molecular weight excluding hydrogens is 192 g/mol. The first-order valence-corrected chi connectivity index (χ1v) is 4.38. The van der Waals surface area contributed by atoms with Gasteiger partial charge in [-0.3, -0.25) is 0 Å². The molecule has 0 spiro atoms. The van der Waals surface area contributed by atoms with Crippen LogP contribution in [0.1, 0.15) is 25.3 Å². The molecule has 4 heteroatoms. The maximum absolute atomic E-state index is 7.45. The SMILES string of the molecule is CC(C)c1ccccc1.N#COOC#N. The van der Waals surface area contributed by atoms with Gasteiger partial charge in [-0.2, -0.15) is 9.78 Å². The fourth-order valence-corrected chi connectivity index (χ4v) is 0.875. The van der Waals surface area contributed by atoms with Crippen molar-refractivity contribution in [3.8, 4) is 12.5 Å². The minimum Gasteiger partial charge on any atom is -0.194 e. The Balaban J connectivity index is 0.000000288. The molecule has 0 saturated carbocycles. The summed E-state index contributed by atoms with van der Waals surface area (Å²) in [6, 6.07) is 10.5. The molecule has 0 amide bonds. The van der Waals surface area contributed by atoms with Crippen LogP contribution < -0.4 is 0 Å². The lowest BCUT2D eigenvalue weighted by molar-refractivity contribution is -0.172. The Bertz CT molecular complexity index is 322. The van der Waals surface area contributed by atoms with Crippen LogP contribution in [-0.2, 0) is 9.78 Å². The van der Waals surface area contributed by atoms with Crippen molar-refractivity contribution in [1.29, 1.82) is 10.5 Å². The maximum Gasteiger partial charge on any atom is 0.339 e. The second-order valence-electron chi connectivity index (χ2n) is 2.91. The first-order valence-electron chi connectivity index (χ1n) is 4.38. The standard InChI is InChI=1S/C9H12.C2N2O2/c1-8(2)9-6-4-3-5-7-9;3-1-5-6-2-4/h3-8H,1-2H3;. The van der Waals surface area contributed by atoms with E-state index in [4.69, 9.17) is 10.5 Å². The molecule has 0 fully saturated rings. The van der Waals surface area contributed by atoms with E-state index in [9.17, 15) is 0 Å². The van der Waals surface area contributed by atoms with Crippen molar-refractivity contribution in [2.24, 2.45) is 0 Å². The Morgan fingerprint density at radius 3 is 1.73 bits per heavy atom. The smallest absolute Gasteiger partial charge is 0.194 e. The van der Waals surface area contributed by atoms with Crippen molar-refractivity contribution in [3.05, 3.63) is 35.9 Å². The number of rotatable bonds is 2. The van der Waals surface area contributed by atoms with E-state index < -0.39 is 0 Å². The van der Waals surface area contributed by atoms with Crippen LogP contribution >= 0.6 is 0 Å². The van der Waals surface area contributed by atoms with E-state index in [-0.39, 0.29) is 0 Å². The topological polar surface area (TPSA) is 66.0 Å². The molecule has 1 aromatic carbocycles. The van der Waals surface area contributed by atoms with E-state index in [2.05, 4.69) is 47.9 Å². The molecule has 0 saturated heterocycles. The van der Waals surface area contributed by atoms with Gasteiger partial charge in [0.15, 0.2) is 0 Å². The molecule has 78 valence electrons. The van der Waals surface area contributed by atoms with Gasteiger partial charge in [-0.25, -0.2) is 0 Å². The van der Waals surface area contributed by atoms with E-state index in [1.807, 2.05) is 6.07 Å². The van der Waals surface area contributed by atoms with Gasteiger partial charge in [-0.15, -0.1) is 10.5 Å². The zero-order valence-electron chi connectivity index (χ0n) is 8.68. The number of hydrogen-bond acceptors (Lipinski definition) is 4. The van der Waals surface area contributed by atoms with E-state index in [0.717, 1.165) is 12.5 Å². The van der Waals surface area contributed by atoms with Crippen molar-refractivity contribution in [1.82, 2.24) is 0 Å². The predicted octanol–water partition coefficient (Wildman–Crippen LogP) is 2.71. The second-order valence-corrected chi connectivity index (χ2v) is 2.91. The predicted molar refractivity (Wildman–Crippen MR) is 53.9 cm³/mol. The van der Waals surface area contributed by atoms with Crippen LogP contribution in [0, 0.1) is 23.0 Å². The summed E-state index contributed by atoms with van der Waals surface area (Å²) >= 11 is 0. The van der Waals surface area contributed by atoms with Crippen molar-refractivity contribution in [2.75, 3.05) is 0 Å². The van der Waals surface area contributed by atoms with Gasteiger partial charge in [0.1, 0.15) is 0 Å². The van der Waals surface area contributed by atoms with E-state index in [1.165, 1.54) is 5.56 Å². The first kappa shape index (κ1) is 12.8. The van der Waals surface area contributed by atoms with Crippen LogP contribution in [0.4, 0.5) is 0 Å². The summed E-state index contributed by atoms with van der Waals surface area (Å²) in [7, 11) is 0. The molecule has 0 aromatic heterocycles. The molecule has 0 unspecified atom stereocenters. The summed E-state index contributed by atoms with van der Waals surface area (Å²) in [4.78, 5) is 6.85. The highest BCUT2D eigenvalue weighted by atomic mass is 17.2. The molecule has 0 aliphatic rings. The van der Waals surface area contributed by atoms with Crippen LogP contribution in [0.5, 0.6) is 0 Å². The van der Waals surface area contributed by atoms with Gasteiger partial charge in [0.25, 0.3) is 0 Å². The largest absolute Gasteiger partial charge is 0.339 e. The summed E-state index contributed by atoms with van der Waals surface area (Å²) in [5, 5.41) is 14.9. The number of benzene rings is 1. The van der Waals surface area contributed by atoms with E-state index in [0.29, 0.717) is 5.92 Å². The minimum atomic E-state index is 0.659. The highest BCUT2D eigenvalue weighted by molar-refractivity contribution is 5.17. The third-order valence-corrected chi connectivity index (χ3v) is 1.58. The van der Waals surface area contributed by atoms with Crippen LogP contribution in [0.15, 0.2) is 30.3 Å². The molecule has 0 N–H and O–H groups in total. The Morgan fingerprint density at radius 1 is 1.00 bits per heavy atom. The maximum atomic E-state index is 7.45. The Hall–Kier alpha value is -2.20. The second kappa shape index (κ2) is 8.40. The quantitative estimate of drug-likeness (QED) is 0.321. The highest BCUT2D eigenvalue weighted by Gasteiger charge is 1.93. The average molecular weight is 204 g/mol. The molecule has 1 aromatic rings.